The number of anilines is 3. The Morgan fingerprint density at radius 3 is 1.64 bits per heavy atom. The smallest absolute Gasteiger partial charge is 0.0732 e. The second kappa shape index (κ2) is 12.5. The van der Waals surface area contributed by atoms with Crippen molar-refractivity contribution in [3.63, 3.8) is 0 Å². The van der Waals surface area contributed by atoms with Crippen LogP contribution in [0.25, 0.3) is 66.1 Å². The van der Waals surface area contributed by atoms with E-state index in [9.17, 15) is 0 Å². The van der Waals surface area contributed by atoms with Crippen LogP contribution < -0.4 is 4.90 Å². The summed E-state index contributed by atoms with van der Waals surface area (Å²) in [6.45, 7) is 4.80. The van der Waals surface area contributed by atoms with Crippen LogP contribution in [0.15, 0.2) is 212 Å². The molecule has 286 valence electrons. The van der Waals surface area contributed by atoms with Crippen molar-refractivity contribution in [1.29, 1.82) is 0 Å². The van der Waals surface area contributed by atoms with Gasteiger partial charge in [0, 0.05) is 16.8 Å². The first-order chi connectivity index (χ1) is 30.0. The molecule has 0 aromatic heterocycles. The molecule has 61 heavy (non-hydrogen) atoms. The van der Waals surface area contributed by atoms with Gasteiger partial charge in [-0.15, -0.1) is 0 Å². The van der Waals surface area contributed by atoms with Crippen LogP contribution in [0.5, 0.6) is 0 Å². The van der Waals surface area contributed by atoms with Gasteiger partial charge in [0.15, 0.2) is 0 Å². The van der Waals surface area contributed by atoms with E-state index in [0.717, 1.165) is 11.4 Å². The van der Waals surface area contributed by atoms with Crippen LogP contribution in [-0.2, 0) is 10.8 Å². The molecule has 10 aromatic rings. The third-order valence-electron chi connectivity index (χ3n) is 14.2. The number of benzene rings is 10. The van der Waals surface area contributed by atoms with Crippen LogP contribution in [0.1, 0.15) is 47.2 Å². The van der Waals surface area contributed by atoms with E-state index >= 15 is 0 Å². The van der Waals surface area contributed by atoms with Crippen molar-refractivity contribution < 1.29 is 0 Å². The number of hydrogen-bond donors (Lipinski definition) is 0. The van der Waals surface area contributed by atoms with Gasteiger partial charge in [0.05, 0.1) is 11.1 Å². The Bertz CT molecular complexity index is 3460. The molecule has 0 N–H and O–H groups in total. The Labute approximate surface area is 356 Å². The monoisotopic (exact) mass is 775 g/mol. The van der Waals surface area contributed by atoms with Crippen molar-refractivity contribution in [2.45, 2.75) is 24.7 Å². The summed E-state index contributed by atoms with van der Waals surface area (Å²) in [5.41, 5.74) is 21.1. The summed E-state index contributed by atoms with van der Waals surface area (Å²) in [6.07, 6.45) is 0. The van der Waals surface area contributed by atoms with Gasteiger partial charge in [0.25, 0.3) is 0 Å². The summed E-state index contributed by atoms with van der Waals surface area (Å²) in [6, 6.07) is 80.0. The average Bonchev–Trinajstić information content (AvgIpc) is 3.73. The van der Waals surface area contributed by atoms with E-state index in [1.54, 1.807) is 0 Å². The standard InChI is InChI=1S/C60H41N/c1-59(2)51-26-11-8-23-47(51)50-25-15-29-55(57(50)59)61(42-32-30-38-16-6-7-19-41(38)36-42)43-33-35-48-45-21-9-12-27-52(45)60(54(48)37-43)53-28-13-10-22-46(53)49-24-14-20-40-31-34-44(58(60)56(40)49)39-17-4-3-5-18-39/h3-37H,1-2H3. The first kappa shape index (κ1) is 34.4. The topological polar surface area (TPSA) is 3.24 Å². The van der Waals surface area contributed by atoms with E-state index in [0.29, 0.717) is 0 Å². The highest BCUT2D eigenvalue weighted by Crippen LogP contribution is 2.64. The summed E-state index contributed by atoms with van der Waals surface area (Å²) in [5, 5.41) is 5.06. The van der Waals surface area contributed by atoms with Gasteiger partial charge >= 0.3 is 0 Å². The first-order valence-corrected chi connectivity index (χ1v) is 21.5. The Balaban J connectivity index is 1.16. The molecule has 3 aliphatic carbocycles. The van der Waals surface area contributed by atoms with Crippen molar-refractivity contribution in [3.05, 3.63) is 246 Å². The lowest BCUT2D eigenvalue weighted by molar-refractivity contribution is 0.661. The average molecular weight is 776 g/mol. The third kappa shape index (κ3) is 4.56. The summed E-state index contributed by atoms with van der Waals surface area (Å²) < 4.78 is 0. The van der Waals surface area contributed by atoms with Gasteiger partial charge in [-0.3, -0.25) is 0 Å². The highest BCUT2D eigenvalue weighted by atomic mass is 15.1. The predicted octanol–water partition coefficient (Wildman–Crippen LogP) is 15.8. The van der Waals surface area contributed by atoms with E-state index in [1.165, 1.54) is 105 Å². The molecule has 3 aliphatic rings. The maximum atomic E-state index is 2.55. The Hall–Kier alpha value is -7.48. The van der Waals surface area contributed by atoms with Crippen LogP contribution in [0.3, 0.4) is 0 Å². The zero-order chi connectivity index (χ0) is 40.5. The third-order valence-corrected chi connectivity index (χ3v) is 14.2. The van der Waals surface area contributed by atoms with E-state index in [-0.39, 0.29) is 5.41 Å². The maximum Gasteiger partial charge on any atom is 0.0732 e. The molecule has 0 aliphatic heterocycles. The minimum atomic E-state index is -0.596. The van der Waals surface area contributed by atoms with Crippen LogP contribution in [0.2, 0.25) is 0 Å². The molecule has 0 heterocycles. The molecule has 0 amide bonds. The van der Waals surface area contributed by atoms with Crippen molar-refractivity contribution >= 4 is 38.6 Å². The molecular formula is C60H41N. The van der Waals surface area contributed by atoms with Crippen LogP contribution >= 0.6 is 0 Å². The molecule has 0 bridgehead atoms. The zero-order valence-corrected chi connectivity index (χ0v) is 34.2. The lowest BCUT2D eigenvalue weighted by Crippen LogP contribution is -2.32. The predicted molar refractivity (Wildman–Crippen MR) is 255 cm³/mol. The van der Waals surface area contributed by atoms with Gasteiger partial charge < -0.3 is 4.90 Å². The van der Waals surface area contributed by atoms with E-state index in [2.05, 4.69) is 231 Å². The van der Waals surface area contributed by atoms with Crippen LogP contribution in [0, 0.1) is 0 Å². The largest absolute Gasteiger partial charge is 0.310 e. The van der Waals surface area contributed by atoms with Gasteiger partial charge in [0.1, 0.15) is 0 Å². The van der Waals surface area contributed by atoms with Crippen LogP contribution in [-0.4, -0.2) is 0 Å². The molecular weight excluding hydrogens is 735 g/mol. The molecule has 0 saturated heterocycles. The van der Waals surface area contributed by atoms with Gasteiger partial charge in [-0.2, -0.15) is 0 Å². The van der Waals surface area contributed by atoms with Crippen molar-refractivity contribution in [3.8, 4) is 44.5 Å². The normalized spacial score (nSPS) is 15.9. The minimum Gasteiger partial charge on any atom is -0.310 e. The first-order valence-electron chi connectivity index (χ1n) is 21.5. The fraction of sp³-hybridized carbons (Fsp3) is 0.0667. The van der Waals surface area contributed by atoms with Gasteiger partial charge in [-0.25, -0.2) is 0 Å². The van der Waals surface area contributed by atoms with Crippen molar-refractivity contribution in [1.82, 2.24) is 0 Å². The molecule has 1 nitrogen and oxygen atoms in total. The molecule has 0 radical (unpaired) electrons. The SMILES string of the molecule is CC1(C)c2ccccc2-c2cccc(N(c3ccc4c(c3)C3(c5ccccc5-4)c4ccccc4-c4cccc5ccc(-c6ccccc6)c3c45)c3ccc4ccccc4c3)c21. The molecule has 1 spiro atoms. The molecule has 1 unspecified atom stereocenters. The fourth-order valence-electron chi connectivity index (χ4n) is 11.7. The van der Waals surface area contributed by atoms with Gasteiger partial charge in [-0.05, 0) is 130 Å². The Morgan fingerprint density at radius 2 is 0.852 bits per heavy atom. The molecule has 13 rings (SSSR count). The molecule has 1 atom stereocenters. The second-order valence-corrected chi connectivity index (χ2v) is 17.6. The van der Waals surface area contributed by atoms with Crippen LogP contribution in [0.4, 0.5) is 17.1 Å². The van der Waals surface area contributed by atoms with E-state index < -0.39 is 5.41 Å². The fourth-order valence-corrected chi connectivity index (χ4v) is 11.7. The highest BCUT2D eigenvalue weighted by Gasteiger charge is 2.51. The zero-order valence-electron chi connectivity index (χ0n) is 34.2. The van der Waals surface area contributed by atoms with Gasteiger partial charge in [-0.1, -0.05) is 196 Å². The number of hydrogen-bond acceptors (Lipinski definition) is 1. The maximum absolute atomic E-state index is 2.55. The summed E-state index contributed by atoms with van der Waals surface area (Å²) >= 11 is 0. The molecule has 10 aromatic carbocycles. The lowest BCUT2D eigenvalue weighted by Gasteiger charge is -2.42. The Morgan fingerprint density at radius 1 is 0.328 bits per heavy atom. The summed E-state index contributed by atoms with van der Waals surface area (Å²) in [7, 11) is 0. The molecule has 1 heteroatoms. The summed E-state index contributed by atoms with van der Waals surface area (Å²) in [4.78, 5) is 2.55. The van der Waals surface area contributed by atoms with Gasteiger partial charge in [0.2, 0.25) is 0 Å². The molecule has 0 saturated carbocycles. The lowest BCUT2D eigenvalue weighted by atomic mass is 9.60. The minimum absolute atomic E-state index is 0.210. The summed E-state index contributed by atoms with van der Waals surface area (Å²) in [5.74, 6) is 0. The second-order valence-electron chi connectivity index (χ2n) is 17.6. The van der Waals surface area contributed by atoms with E-state index in [4.69, 9.17) is 0 Å². The van der Waals surface area contributed by atoms with Crippen molar-refractivity contribution in [2.24, 2.45) is 0 Å². The number of nitrogens with zero attached hydrogens (tertiary/aromatic N) is 1. The van der Waals surface area contributed by atoms with Crippen molar-refractivity contribution in [2.75, 3.05) is 4.90 Å². The highest BCUT2D eigenvalue weighted by molar-refractivity contribution is 6.10. The molecule has 0 fully saturated rings. The Kier molecular flexibility index (Phi) is 7.06. The quantitative estimate of drug-likeness (QED) is 0.172. The number of fused-ring (bicyclic) bond motifs is 13. The van der Waals surface area contributed by atoms with E-state index in [1.807, 2.05) is 0 Å². The number of rotatable bonds is 4.